The third-order valence-corrected chi connectivity index (χ3v) is 6.60. The Bertz CT molecular complexity index is 653. The number of sulfonamides is 1. The molecule has 3 rings (SSSR count). The fraction of sp³-hybridized carbons (Fsp3) is 0.647. The monoisotopic (exact) mass is 339 g/mol. The Kier molecular flexibility index (Phi) is 4.94. The quantitative estimate of drug-likeness (QED) is 0.846. The van der Waals surface area contributed by atoms with Gasteiger partial charge in [-0.15, -0.1) is 0 Å². The molecule has 1 aromatic rings. The van der Waals surface area contributed by atoms with Crippen molar-refractivity contribution >= 4 is 10.0 Å². The van der Waals surface area contributed by atoms with Crippen molar-refractivity contribution in [2.75, 3.05) is 19.7 Å². The zero-order valence-electron chi connectivity index (χ0n) is 13.8. The van der Waals surface area contributed by atoms with Crippen molar-refractivity contribution in [1.82, 2.24) is 4.31 Å². The van der Waals surface area contributed by atoms with Crippen molar-refractivity contribution in [1.29, 1.82) is 0 Å². The van der Waals surface area contributed by atoms with E-state index < -0.39 is 10.0 Å². The van der Waals surface area contributed by atoms with E-state index in [4.69, 9.17) is 9.47 Å². The third-order valence-electron chi connectivity index (χ3n) is 4.57. The van der Waals surface area contributed by atoms with E-state index in [0.29, 0.717) is 24.6 Å². The van der Waals surface area contributed by atoms with E-state index in [9.17, 15) is 8.42 Å². The minimum Gasteiger partial charge on any atom is -0.490 e. The van der Waals surface area contributed by atoms with E-state index in [0.717, 1.165) is 24.2 Å². The van der Waals surface area contributed by atoms with E-state index in [-0.39, 0.29) is 12.2 Å². The standard InChI is InChI=1S/C17H25NO4S/c1-13-11-16(22-15-5-3-4-6-15)7-8-17(13)23(19,20)18-9-10-21-14(2)12-18/h7-8,11,14-15H,3-6,9-10,12H2,1-2H3. The number of nitrogens with zero attached hydrogens (tertiary/aromatic N) is 1. The molecule has 1 saturated heterocycles. The van der Waals surface area contributed by atoms with Crippen LogP contribution >= 0.6 is 0 Å². The summed E-state index contributed by atoms with van der Waals surface area (Å²) >= 11 is 0. The van der Waals surface area contributed by atoms with Crippen LogP contribution in [0.3, 0.4) is 0 Å². The molecule has 2 fully saturated rings. The van der Waals surface area contributed by atoms with Gasteiger partial charge in [0.05, 0.1) is 23.7 Å². The number of ether oxygens (including phenoxy) is 2. The summed E-state index contributed by atoms with van der Waals surface area (Å²) in [6.45, 7) is 4.99. The molecule has 0 aromatic heterocycles. The molecule has 23 heavy (non-hydrogen) atoms. The van der Waals surface area contributed by atoms with E-state index in [2.05, 4.69) is 0 Å². The maximum atomic E-state index is 12.8. The van der Waals surface area contributed by atoms with Gasteiger partial charge in [-0.05, 0) is 63.3 Å². The van der Waals surface area contributed by atoms with Crippen LogP contribution in [0.2, 0.25) is 0 Å². The van der Waals surface area contributed by atoms with Crippen LogP contribution in [-0.2, 0) is 14.8 Å². The van der Waals surface area contributed by atoms with Crippen molar-refractivity contribution in [3.05, 3.63) is 23.8 Å². The molecule has 1 atom stereocenters. The van der Waals surface area contributed by atoms with E-state index in [1.165, 1.54) is 17.1 Å². The van der Waals surface area contributed by atoms with Gasteiger partial charge in [-0.1, -0.05) is 0 Å². The summed E-state index contributed by atoms with van der Waals surface area (Å²) in [5.41, 5.74) is 0.736. The molecule has 0 spiro atoms. The normalized spacial score (nSPS) is 24.0. The summed E-state index contributed by atoms with van der Waals surface area (Å²) in [5.74, 6) is 0.767. The summed E-state index contributed by atoms with van der Waals surface area (Å²) in [6, 6.07) is 5.30. The molecule has 0 N–H and O–H groups in total. The number of rotatable bonds is 4. The molecular weight excluding hydrogens is 314 g/mol. The number of morpholine rings is 1. The highest BCUT2D eigenvalue weighted by atomic mass is 32.2. The molecule has 2 aliphatic rings. The fourth-order valence-electron chi connectivity index (χ4n) is 3.33. The largest absolute Gasteiger partial charge is 0.490 e. The van der Waals surface area contributed by atoms with Crippen molar-refractivity contribution in [2.45, 2.75) is 56.6 Å². The maximum absolute atomic E-state index is 12.8. The van der Waals surface area contributed by atoms with Gasteiger partial charge < -0.3 is 9.47 Å². The first kappa shape index (κ1) is 16.7. The molecule has 1 aliphatic carbocycles. The lowest BCUT2D eigenvalue weighted by atomic mass is 10.2. The molecule has 0 bridgehead atoms. The Morgan fingerprint density at radius 1 is 1.26 bits per heavy atom. The van der Waals surface area contributed by atoms with Crippen LogP contribution in [-0.4, -0.2) is 44.6 Å². The summed E-state index contributed by atoms with van der Waals surface area (Å²) in [7, 11) is -3.47. The Hall–Kier alpha value is -1.11. The smallest absolute Gasteiger partial charge is 0.243 e. The minimum absolute atomic E-state index is 0.0659. The third kappa shape index (κ3) is 3.70. The molecule has 5 nitrogen and oxygen atoms in total. The van der Waals surface area contributed by atoms with E-state index >= 15 is 0 Å². The van der Waals surface area contributed by atoms with E-state index in [1.54, 1.807) is 12.1 Å². The predicted molar refractivity (Wildman–Crippen MR) is 88.2 cm³/mol. The molecule has 1 aliphatic heterocycles. The molecule has 128 valence electrons. The van der Waals surface area contributed by atoms with Gasteiger partial charge >= 0.3 is 0 Å². The van der Waals surface area contributed by atoms with Crippen LogP contribution in [0.1, 0.15) is 38.2 Å². The Balaban J connectivity index is 1.78. The Morgan fingerprint density at radius 2 is 2.00 bits per heavy atom. The van der Waals surface area contributed by atoms with Gasteiger partial charge in [-0.2, -0.15) is 4.31 Å². The predicted octanol–water partition coefficient (Wildman–Crippen LogP) is 2.73. The van der Waals surface area contributed by atoms with Gasteiger partial charge in [0, 0.05) is 13.1 Å². The van der Waals surface area contributed by atoms with Crippen LogP contribution < -0.4 is 4.74 Å². The second kappa shape index (κ2) is 6.79. The van der Waals surface area contributed by atoms with Crippen LogP contribution in [0.5, 0.6) is 5.75 Å². The second-order valence-corrected chi connectivity index (χ2v) is 8.40. The molecule has 1 heterocycles. The summed E-state index contributed by atoms with van der Waals surface area (Å²) < 4.78 is 38.6. The maximum Gasteiger partial charge on any atom is 0.243 e. The van der Waals surface area contributed by atoms with Gasteiger partial charge in [0.2, 0.25) is 10.0 Å². The van der Waals surface area contributed by atoms with Crippen LogP contribution in [0.25, 0.3) is 0 Å². The van der Waals surface area contributed by atoms with Gasteiger partial charge in [-0.25, -0.2) is 8.42 Å². The van der Waals surface area contributed by atoms with Crippen molar-refractivity contribution < 1.29 is 17.9 Å². The molecule has 0 amide bonds. The zero-order chi connectivity index (χ0) is 16.4. The summed E-state index contributed by atoms with van der Waals surface area (Å²) in [6.07, 6.45) is 4.81. The molecular formula is C17H25NO4S. The highest BCUT2D eigenvalue weighted by Gasteiger charge is 2.30. The van der Waals surface area contributed by atoms with Gasteiger partial charge in [0.1, 0.15) is 5.75 Å². The zero-order valence-corrected chi connectivity index (χ0v) is 14.6. The Morgan fingerprint density at radius 3 is 2.65 bits per heavy atom. The number of aryl methyl sites for hydroxylation is 1. The van der Waals surface area contributed by atoms with Gasteiger partial charge in [0.15, 0.2) is 0 Å². The topological polar surface area (TPSA) is 55.8 Å². The molecule has 1 unspecified atom stereocenters. The highest BCUT2D eigenvalue weighted by molar-refractivity contribution is 7.89. The first-order valence-corrected chi connectivity index (χ1v) is 9.80. The van der Waals surface area contributed by atoms with Gasteiger partial charge in [0.25, 0.3) is 0 Å². The van der Waals surface area contributed by atoms with E-state index in [1.807, 2.05) is 19.9 Å². The lowest BCUT2D eigenvalue weighted by Gasteiger charge is -2.30. The first-order chi connectivity index (χ1) is 11.0. The van der Waals surface area contributed by atoms with Crippen LogP contribution in [0.4, 0.5) is 0 Å². The van der Waals surface area contributed by atoms with Crippen LogP contribution in [0.15, 0.2) is 23.1 Å². The van der Waals surface area contributed by atoms with Crippen molar-refractivity contribution in [3.63, 3.8) is 0 Å². The fourth-order valence-corrected chi connectivity index (χ4v) is 5.03. The molecule has 0 radical (unpaired) electrons. The lowest BCUT2D eigenvalue weighted by molar-refractivity contribution is 0.0102. The molecule has 6 heteroatoms. The number of hydrogen-bond acceptors (Lipinski definition) is 4. The highest BCUT2D eigenvalue weighted by Crippen LogP contribution is 2.28. The first-order valence-electron chi connectivity index (χ1n) is 8.36. The molecule has 1 aromatic carbocycles. The second-order valence-electron chi connectivity index (χ2n) is 6.50. The SMILES string of the molecule is Cc1cc(OC2CCCC2)ccc1S(=O)(=O)N1CCOC(C)C1. The average Bonchev–Trinajstić information content (AvgIpc) is 3.00. The lowest BCUT2D eigenvalue weighted by Crippen LogP contribution is -2.44. The van der Waals surface area contributed by atoms with Gasteiger partial charge in [-0.3, -0.25) is 0 Å². The Labute approximate surface area is 138 Å². The number of benzene rings is 1. The summed E-state index contributed by atoms with van der Waals surface area (Å²) in [4.78, 5) is 0.366. The van der Waals surface area contributed by atoms with Crippen LogP contribution in [0, 0.1) is 6.92 Å². The summed E-state index contributed by atoms with van der Waals surface area (Å²) in [5, 5.41) is 0. The number of hydrogen-bond donors (Lipinski definition) is 0. The van der Waals surface area contributed by atoms with Crippen molar-refractivity contribution in [3.8, 4) is 5.75 Å². The molecule has 1 saturated carbocycles. The van der Waals surface area contributed by atoms with Crippen molar-refractivity contribution in [2.24, 2.45) is 0 Å². The average molecular weight is 339 g/mol. The minimum atomic E-state index is -3.47.